The summed E-state index contributed by atoms with van der Waals surface area (Å²) in [4.78, 5) is 44.1. The van der Waals surface area contributed by atoms with E-state index >= 15 is 0 Å². The van der Waals surface area contributed by atoms with Crippen LogP contribution in [-0.2, 0) is 24.1 Å². The molecule has 2 aromatic rings. The fourth-order valence-electron chi connectivity index (χ4n) is 3.96. The van der Waals surface area contributed by atoms with Crippen LogP contribution in [0, 0.1) is 0 Å². The Bertz CT molecular complexity index is 998. The summed E-state index contributed by atoms with van der Waals surface area (Å²) in [6.45, 7) is 2.79. The summed E-state index contributed by atoms with van der Waals surface area (Å²) in [5, 5.41) is 0. The van der Waals surface area contributed by atoms with E-state index in [4.69, 9.17) is 10.5 Å². The molecule has 3 rings (SSSR count). The van der Waals surface area contributed by atoms with Gasteiger partial charge in [-0.1, -0.05) is 26.2 Å². The maximum Gasteiger partial charge on any atom is 0.330 e. The van der Waals surface area contributed by atoms with Crippen LogP contribution in [-0.4, -0.2) is 35.7 Å². The zero-order chi connectivity index (χ0) is 22.4. The first-order valence-electron chi connectivity index (χ1n) is 11.0. The lowest BCUT2D eigenvalue weighted by atomic mass is 10.00. The molecule has 0 spiro atoms. The Kier molecular flexibility index (Phi) is 8.09. The van der Waals surface area contributed by atoms with Gasteiger partial charge in [-0.2, -0.15) is 0 Å². The number of ether oxygens (including phenoxy) is 1. The van der Waals surface area contributed by atoms with Crippen molar-refractivity contribution in [1.29, 1.82) is 0 Å². The van der Waals surface area contributed by atoms with Crippen LogP contribution >= 0.6 is 11.3 Å². The third kappa shape index (κ3) is 5.27. The summed E-state index contributed by atoms with van der Waals surface area (Å²) in [6.07, 6.45) is 8.24. The number of aromatic amines is 1. The van der Waals surface area contributed by atoms with Crippen LogP contribution < -0.4 is 21.9 Å². The number of amides is 1. The third-order valence-corrected chi connectivity index (χ3v) is 6.92. The van der Waals surface area contributed by atoms with Crippen molar-refractivity contribution < 1.29 is 9.53 Å². The van der Waals surface area contributed by atoms with Crippen molar-refractivity contribution in [3.63, 3.8) is 0 Å². The van der Waals surface area contributed by atoms with E-state index in [1.807, 2.05) is 13.0 Å². The highest BCUT2D eigenvalue weighted by molar-refractivity contribution is 7.14. The van der Waals surface area contributed by atoms with E-state index in [0.29, 0.717) is 11.4 Å². The first-order valence-corrected chi connectivity index (χ1v) is 11.8. The van der Waals surface area contributed by atoms with Crippen molar-refractivity contribution in [3.8, 4) is 0 Å². The highest BCUT2D eigenvalue weighted by Gasteiger charge is 2.27. The quantitative estimate of drug-likeness (QED) is 0.645. The number of anilines is 2. The maximum atomic E-state index is 13.5. The smallest absolute Gasteiger partial charge is 0.330 e. The molecule has 0 aliphatic heterocycles. The number of methoxy groups -OCH3 is 1. The molecule has 0 unspecified atom stereocenters. The second kappa shape index (κ2) is 10.8. The molecule has 2 aromatic heterocycles. The van der Waals surface area contributed by atoms with Gasteiger partial charge in [0.1, 0.15) is 5.82 Å². The molecule has 9 heteroatoms. The Balaban J connectivity index is 2.03. The van der Waals surface area contributed by atoms with Crippen LogP contribution in [0.1, 0.15) is 65.6 Å². The van der Waals surface area contributed by atoms with E-state index in [2.05, 4.69) is 4.98 Å². The molecule has 170 valence electrons. The molecule has 8 nitrogen and oxygen atoms in total. The second-order valence-electron chi connectivity index (χ2n) is 7.92. The predicted octanol–water partition coefficient (Wildman–Crippen LogP) is 2.93. The van der Waals surface area contributed by atoms with E-state index in [1.54, 1.807) is 0 Å². The molecule has 0 aromatic carbocycles. The summed E-state index contributed by atoms with van der Waals surface area (Å²) >= 11 is 1.50. The number of hydrogen-bond donors (Lipinski definition) is 2. The molecule has 1 amide bonds. The molecule has 0 bridgehead atoms. The molecule has 0 saturated heterocycles. The molecule has 31 heavy (non-hydrogen) atoms. The topological polar surface area (TPSA) is 110 Å². The molecule has 2 heterocycles. The zero-order valence-electron chi connectivity index (χ0n) is 18.4. The minimum Gasteiger partial charge on any atom is -0.383 e. The molecule has 0 fully saturated rings. The summed E-state index contributed by atoms with van der Waals surface area (Å²) < 4.78 is 6.52. The highest BCUT2D eigenvalue weighted by Crippen LogP contribution is 2.30. The van der Waals surface area contributed by atoms with Gasteiger partial charge >= 0.3 is 5.69 Å². The number of thiophene rings is 1. The molecule has 1 aliphatic rings. The number of nitrogens with zero attached hydrogens (tertiary/aromatic N) is 2. The SMILES string of the molecule is CCCCn1c(N)c(N(CCOC)C(=O)c2cc3c(s2)CCCCCC3)c(=O)[nH]c1=O. The fraction of sp³-hybridized carbons (Fsp3) is 0.591. The summed E-state index contributed by atoms with van der Waals surface area (Å²) in [7, 11) is 1.54. The third-order valence-electron chi connectivity index (χ3n) is 5.69. The Labute approximate surface area is 186 Å². The van der Waals surface area contributed by atoms with Gasteiger partial charge in [0.15, 0.2) is 5.69 Å². The van der Waals surface area contributed by atoms with Gasteiger partial charge < -0.3 is 10.5 Å². The normalized spacial score (nSPS) is 14.0. The van der Waals surface area contributed by atoms with E-state index in [1.165, 1.54) is 51.2 Å². The lowest BCUT2D eigenvalue weighted by Gasteiger charge is -2.23. The van der Waals surface area contributed by atoms with E-state index in [0.717, 1.165) is 38.5 Å². The van der Waals surface area contributed by atoms with Gasteiger partial charge in [-0.15, -0.1) is 11.3 Å². The van der Waals surface area contributed by atoms with Crippen molar-refractivity contribution in [1.82, 2.24) is 9.55 Å². The highest BCUT2D eigenvalue weighted by atomic mass is 32.1. The van der Waals surface area contributed by atoms with Crippen LogP contribution in [0.25, 0.3) is 0 Å². The number of aromatic nitrogens is 2. The van der Waals surface area contributed by atoms with Crippen molar-refractivity contribution in [2.24, 2.45) is 0 Å². The monoisotopic (exact) mass is 448 g/mol. The van der Waals surface area contributed by atoms with Gasteiger partial charge in [-0.05, 0) is 43.7 Å². The van der Waals surface area contributed by atoms with E-state index in [-0.39, 0.29) is 30.6 Å². The second-order valence-corrected chi connectivity index (χ2v) is 9.06. The summed E-state index contributed by atoms with van der Waals surface area (Å²) in [5.74, 6) is -0.270. The lowest BCUT2D eigenvalue weighted by Crippen LogP contribution is -2.42. The summed E-state index contributed by atoms with van der Waals surface area (Å²) in [5.41, 5.74) is 6.29. The Morgan fingerprint density at radius 2 is 2.00 bits per heavy atom. The summed E-state index contributed by atoms with van der Waals surface area (Å²) in [6, 6.07) is 1.96. The molecular formula is C22H32N4O4S. The average Bonchev–Trinajstić information content (AvgIpc) is 3.11. The number of nitrogens with two attached hydrogens (primary N) is 1. The molecule has 0 radical (unpaired) electrons. The number of nitrogen functional groups attached to an aromatic ring is 1. The number of fused-ring (bicyclic) bond motifs is 1. The Morgan fingerprint density at radius 1 is 1.26 bits per heavy atom. The van der Waals surface area contributed by atoms with Crippen LogP contribution in [0.4, 0.5) is 11.5 Å². The number of nitrogens with one attached hydrogen (secondary N) is 1. The zero-order valence-corrected chi connectivity index (χ0v) is 19.2. The molecule has 0 saturated carbocycles. The number of H-pyrrole nitrogens is 1. The minimum absolute atomic E-state index is 0.0126. The van der Waals surface area contributed by atoms with E-state index in [9.17, 15) is 14.4 Å². The number of carbonyl (C=O) groups excluding carboxylic acids is 1. The Morgan fingerprint density at radius 3 is 2.71 bits per heavy atom. The first-order chi connectivity index (χ1) is 15.0. The standard InChI is InChI=1S/C22H32N4O4S/c1-3-4-11-26-19(23)18(20(27)24-22(26)29)25(12-13-30-2)21(28)17-14-15-9-7-5-6-8-10-16(15)31-17/h14H,3-13,23H2,1-2H3,(H,24,27,29). The number of aryl methyl sites for hydroxylation is 2. The van der Waals surface area contributed by atoms with Gasteiger partial charge in [-0.25, -0.2) is 4.79 Å². The maximum absolute atomic E-state index is 13.5. The fourth-order valence-corrected chi connectivity index (χ4v) is 5.16. The number of unbranched alkanes of at least 4 members (excludes halogenated alkanes) is 1. The largest absolute Gasteiger partial charge is 0.383 e. The van der Waals surface area contributed by atoms with Crippen LogP contribution in [0.2, 0.25) is 0 Å². The van der Waals surface area contributed by atoms with Gasteiger partial charge in [0, 0.05) is 25.1 Å². The van der Waals surface area contributed by atoms with Gasteiger partial charge in [0.25, 0.3) is 11.5 Å². The Hall–Kier alpha value is -2.39. The molecule has 1 aliphatic carbocycles. The predicted molar refractivity (Wildman–Crippen MR) is 124 cm³/mol. The number of hydrogen-bond acceptors (Lipinski definition) is 6. The van der Waals surface area contributed by atoms with Crippen LogP contribution in [0.5, 0.6) is 0 Å². The van der Waals surface area contributed by atoms with Gasteiger partial charge in [-0.3, -0.25) is 24.0 Å². The molecule has 3 N–H and O–H groups in total. The van der Waals surface area contributed by atoms with Crippen molar-refractivity contribution in [3.05, 3.63) is 42.2 Å². The van der Waals surface area contributed by atoms with Gasteiger partial charge in [0.2, 0.25) is 0 Å². The lowest BCUT2D eigenvalue weighted by molar-refractivity contribution is 0.0979. The van der Waals surface area contributed by atoms with Crippen molar-refractivity contribution >= 4 is 28.7 Å². The minimum atomic E-state index is -0.658. The molecular weight excluding hydrogens is 416 g/mol. The van der Waals surface area contributed by atoms with Crippen molar-refractivity contribution in [2.75, 3.05) is 30.9 Å². The molecule has 0 atom stereocenters. The van der Waals surface area contributed by atoms with Crippen molar-refractivity contribution in [2.45, 2.75) is 64.8 Å². The average molecular weight is 449 g/mol. The van der Waals surface area contributed by atoms with Gasteiger partial charge in [0.05, 0.1) is 11.5 Å². The van der Waals surface area contributed by atoms with Crippen LogP contribution in [0.15, 0.2) is 15.7 Å². The number of carbonyl (C=O) groups is 1. The van der Waals surface area contributed by atoms with E-state index < -0.39 is 11.2 Å². The van der Waals surface area contributed by atoms with Crippen LogP contribution in [0.3, 0.4) is 0 Å². The number of rotatable bonds is 8. The first kappa shape index (κ1) is 23.3.